The minimum absolute atomic E-state index is 0.358. The third-order valence-electron chi connectivity index (χ3n) is 6.13. The number of ether oxygens (including phenoxy) is 3. The number of hydrogen-bond donors (Lipinski definition) is 3. The molecular formula is C29H31N7O4S. The van der Waals surface area contributed by atoms with Crippen LogP contribution < -0.4 is 30.2 Å². The van der Waals surface area contributed by atoms with E-state index in [4.69, 9.17) is 19.2 Å². The van der Waals surface area contributed by atoms with Gasteiger partial charge in [-0.05, 0) is 56.9 Å². The Bertz CT molecular complexity index is 1670. The van der Waals surface area contributed by atoms with Gasteiger partial charge in [-0.3, -0.25) is 0 Å². The first-order chi connectivity index (χ1) is 19.9. The van der Waals surface area contributed by atoms with Gasteiger partial charge < -0.3 is 35.1 Å². The molecule has 0 saturated heterocycles. The van der Waals surface area contributed by atoms with Crippen molar-refractivity contribution < 1.29 is 19.0 Å². The van der Waals surface area contributed by atoms with E-state index in [-0.39, 0.29) is 6.03 Å². The second kappa shape index (κ2) is 12.7. The highest BCUT2D eigenvalue weighted by Gasteiger charge is 2.14. The maximum atomic E-state index is 12.5. The van der Waals surface area contributed by atoms with E-state index in [1.54, 1.807) is 26.4 Å². The number of carbonyl (C=O) groups is 1. The summed E-state index contributed by atoms with van der Waals surface area (Å²) < 4.78 is 17.7. The second-order valence-electron chi connectivity index (χ2n) is 9.39. The molecule has 0 aliphatic heterocycles. The second-order valence-corrected chi connectivity index (χ2v) is 10.4. The third kappa shape index (κ3) is 6.91. The Morgan fingerprint density at radius 1 is 0.927 bits per heavy atom. The summed E-state index contributed by atoms with van der Waals surface area (Å²) in [7, 11) is 7.26. The molecule has 0 aliphatic carbocycles. The van der Waals surface area contributed by atoms with Crippen LogP contribution in [-0.2, 0) is 0 Å². The molecule has 0 bridgehead atoms. The Labute approximate surface area is 241 Å². The van der Waals surface area contributed by atoms with Crippen LogP contribution >= 0.6 is 11.3 Å². The number of anilines is 4. The minimum Gasteiger partial charge on any atom is -0.497 e. The molecule has 3 N–H and O–H groups in total. The van der Waals surface area contributed by atoms with Gasteiger partial charge >= 0.3 is 6.03 Å². The lowest BCUT2D eigenvalue weighted by molar-refractivity contribution is 0.262. The first-order valence-corrected chi connectivity index (χ1v) is 13.7. The van der Waals surface area contributed by atoms with Gasteiger partial charge in [0.2, 0.25) is 0 Å². The molecule has 3 aromatic carbocycles. The summed E-state index contributed by atoms with van der Waals surface area (Å²) in [6.07, 6.45) is 2.40. The monoisotopic (exact) mass is 573 g/mol. The predicted molar refractivity (Wildman–Crippen MR) is 163 cm³/mol. The van der Waals surface area contributed by atoms with Gasteiger partial charge in [0.25, 0.3) is 0 Å². The standard InChI is InChI=1S/C29H31N7O4S/c1-36(2)11-6-12-40-25-16-23-21(15-24(25)39-4)27(31-17-30-23)35-29-34-22-10-9-19(14-26(22)41-29)33-28(37)32-18-7-5-8-20(13-18)38-3/h5,7-10,13-17H,6,11-12H2,1-4H3,(H2,32,33,37)(H,30,31,34,35). The van der Waals surface area contributed by atoms with Crippen LogP contribution in [0.3, 0.4) is 0 Å². The van der Waals surface area contributed by atoms with E-state index >= 15 is 0 Å². The fourth-order valence-corrected chi connectivity index (χ4v) is 5.05. The van der Waals surface area contributed by atoms with Crippen molar-refractivity contribution in [3.63, 3.8) is 0 Å². The highest BCUT2D eigenvalue weighted by atomic mass is 32.1. The molecule has 0 atom stereocenters. The average molecular weight is 574 g/mol. The molecule has 0 fully saturated rings. The summed E-state index contributed by atoms with van der Waals surface area (Å²) in [5.74, 6) is 2.50. The zero-order chi connectivity index (χ0) is 28.8. The fourth-order valence-electron chi connectivity index (χ4n) is 4.15. The van der Waals surface area contributed by atoms with Crippen LogP contribution in [0.1, 0.15) is 6.42 Å². The zero-order valence-electron chi connectivity index (χ0n) is 23.2. The van der Waals surface area contributed by atoms with Crippen LogP contribution in [0.5, 0.6) is 17.2 Å². The number of fused-ring (bicyclic) bond motifs is 2. The lowest BCUT2D eigenvalue weighted by atomic mass is 10.2. The van der Waals surface area contributed by atoms with Gasteiger partial charge in [-0.15, -0.1) is 0 Å². The molecule has 212 valence electrons. The Kier molecular flexibility index (Phi) is 8.61. The molecule has 5 rings (SSSR count). The SMILES string of the molecule is COc1cccc(NC(=O)Nc2ccc3nc(Nc4ncnc5cc(OCCCN(C)C)c(OC)cc45)sc3c2)c1. The number of benzene rings is 3. The summed E-state index contributed by atoms with van der Waals surface area (Å²) in [5.41, 5.74) is 2.79. The Morgan fingerprint density at radius 2 is 1.76 bits per heavy atom. The van der Waals surface area contributed by atoms with Gasteiger partial charge in [0.1, 0.15) is 17.9 Å². The molecule has 2 amide bonds. The van der Waals surface area contributed by atoms with Crippen molar-refractivity contribution in [2.45, 2.75) is 6.42 Å². The minimum atomic E-state index is -0.358. The van der Waals surface area contributed by atoms with Crippen LogP contribution in [0.15, 0.2) is 60.9 Å². The largest absolute Gasteiger partial charge is 0.497 e. The molecule has 0 aliphatic rings. The smallest absolute Gasteiger partial charge is 0.323 e. The van der Waals surface area contributed by atoms with Crippen LogP contribution in [0.4, 0.5) is 27.1 Å². The van der Waals surface area contributed by atoms with E-state index in [1.807, 2.05) is 56.6 Å². The highest BCUT2D eigenvalue weighted by Crippen LogP contribution is 2.36. The summed E-state index contributed by atoms with van der Waals surface area (Å²) in [4.78, 5) is 28.2. The van der Waals surface area contributed by atoms with E-state index in [0.29, 0.717) is 46.2 Å². The van der Waals surface area contributed by atoms with E-state index in [9.17, 15) is 4.79 Å². The number of methoxy groups -OCH3 is 2. The van der Waals surface area contributed by atoms with Gasteiger partial charge in [0.15, 0.2) is 16.6 Å². The third-order valence-corrected chi connectivity index (χ3v) is 7.06. The van der Waals surface area contributed by atoms with Crippen molar-refractivity contribution in [3.8, 4) is 17.2 Å². The average Bonchev–Trinajstić information content (AvgIpc) is 3.36. The molecule has 12 heteroatoms. The zero-order valence-corrected chi connectivity index (χ0v) is 24.0. The normalized spacial score (nSPS) is 11.0. The quantitative estimate of drug-likeness (QED) is 0.164. The number of hydrogen-bond acceptors (Lipinski definition) is 10. The number of nitrogens with one attached hydrogen (secondary N) is 3. The molecule has 0 spiro atoms. The Hall–Kier alpha value is -4.68. The van der Waals surface area contributed by atoms with E-state index in [0.717, 1.165) is 34.1 Å². The van der Waals surface area contributed by atoms with Crippen LogP contribution in [0, 0.1) is 0 Å². The van der Waals surface area contributed by atoms with Crippen molar-refractivity contribution in [2.24, 2.45) is 0 Å². The van der Waals surface area contributed by atoms with Crippen molar-refractivity contribution in [1.29, 1.82) is 0 Å². The first kappa shape index (κ1) is 27.9. The van der Waals surface area contributed by atoms with Crippen molar-refractivity contribution in [2.75, 3.05) is 57.4 Å². The lowest BCUT2D eigenvalue weighted by Crippen LogP contribution is -2.19. The fraction of sp³-hybridized carbons (Fsp3) is 0.241. The predicted octanol–water partition coefficient (Wildman–Crippen LogP) is 5.97. The first-order valence-electron chi connectivity index (χ1n) is 12.9. The van der Waals surface area contributed by atoms with Gasteiger partial charge in [0.05, 0.1) is 36.6 Å². The van der Waals surface area contributed by atoms with Gasteiger partial charge in [-0.25, -0.2) is 19.7 Å². The van der Waals surface area contributed by atoms with Gasteiger partial charge in [0, 0.05) is 35.4 Å². The van der Waals surface area contributed by atoms with Crippen LogP contribution in [0.25, 0.3) is 21.1 Å². The van der Waals surface area contributed by atoms with Crippen LogP contribution in [0.2, 0.25) is 0 Å². The maximum absolute atomic E-state index is 12.5. The molecular weight excluding hydrogens is 542 g/mol. The van der Waals surface area contributed by atoms with E-state index in [2.05, 4.69) is 30.8 Å². The highest BCUT2D eigenvalue weighted by molar-refractivity contribution is 7.22. The number of amides is 2. The lowest BCUT2D eigenvalue weighted by Gasteiger charge is -2.14. The molecule has 0 radical (unpaired) electrons. The molecule has 0 saturated carbocycles. The summed E-state index contributed by atoms with van der Waals surface area (Å²) in [5, 5.41) is 10.4. The number of thiazole rings is 1. The number of urea groups is 1. The molecule has 2 heterocycles. The summed E-state index contributed by atoms with van der Waals surface area (Å²) in [6.45, 7) is 1.50. The molecule has 41 heavy (non-hydrogen) atoms. The Balaban J connectivity index is 1.30. The van der Waals surface area contributed by atoms with E-state index < -0.39 is 0 Å². The topological polar surface area (TPSA) is 123 Å². The van der Waals surface area contributed by atoms with Crippen molar-refractivity contribution in [3.05, 3.63) is 60.9 Å². The van der Waals surface area contributed by atoms with Crippen molar-refractivity contribution in [1.82, 2.24) is 19.9 Å². The summed E-state index contributed by atoms with van der Waals surface area (Å²) in [6, 6.07) is 16.1. The number of nitrogens with zero attached hydrogens (tertiary/aromatic N) is 4. The van der Waals surface area contributed by atoms with Gasteiger partial charge in [-0.2, -0.15) is 0 Å². The number of carbonyl (C=O) groups excluding carboxylic acids is 1. The molecule has 0 unspecified atom stereocenters. The molecule has 11 nitrogen and oxygen atoms in total. The van der Waals surface area contributed by atoms with Gasteiger partial charge in [-0.1, -0.05) is 17.4 Å². The number of aromatic nitrogens is 3. The van der Waals surface area contributed by atoms with Crippen molar-refractivity contribution >= 4 is 60.8 Å². The maximum Gasteiger partial charge on any atom is 0.323 e. The molecule has 5 aromatic rings. The molecule has 2 aromatic heterocycles. The summed E-state index contributed by atoms with van der Waals surface area (Å²) >= 11 is 1.45. The Morgan fingerprint density at radius 3 is 2.54 bits per heavy atom. The number of rotatable bonds is 11. The van der Waals surface area contributed by atoms with E-state index in [1.165, 1.54) is 17.7 Å². The van der Waals surface area contributed by atoms with Crippen LogP contribution in [-0.4, -0.2) is 67.3 Å².